The number of hydrogen-bond donors (Lipinski definition) is 0. The van der Waals surface area contributed by atoms with E-state index >= 15 is 0 Å². The van der Waals surface area contributed by atoms with Crippen molar-refractivity contribution in [1.82, 2.24) is 24.3 Å². The summed E-state index contributed by atoms with van der Waals surface area (Å²) < 4.78 is 7.69. The highest BCUT2D eigenvalue weighted by Crippen LogP contribution is 2.28. The Hall–Kier alpha value is -1.76. The third kappa shape index (κ3) is 3.76. The Bertz CT molecular complexity index is 667. The van der Waals surface area contributed by atoms with Crippen LogP contribution in [0.5, 0.6) is 0 Å². The molecule has 2 aliphatic heterocycles. The van der Waals surface area contributed by atoms with Crippen LogP contribution in [0, 0.1) is 0 Å². The maximum absolute atomic E-state index is 5.56. The van der Waals surface area contributed by atoms with Crippen LogP contribution in [0.2, 0.25) is 0 Å². The zero-order valence-electron chi connectivity index (χ0n) is 14.9. The van der Waals surface area contributed by atoms with Gasteiger partial charge in [0.05, 0.1) is 19.8 Å². The zero-order chi connectivity index (χ0) is 17.1. The van der Waals surface area contributed by atoms with Gasteiger partial charge in [0, 0.05) is 63.6 Å². The zero-order valence-corrected chi connectivity index (χ0v) is 14.9. The molecule has 0 amide bonds. The third-order valence-corrected chi connectivity index (χ3v) is 5.60. The summed E-state index contributed by atoms with van der Waals surface area (Å²) in [6.07, 6.45) is 10.0. The molecule has 0 bridgehead atoms. The first kappa shape index (κ1) is 16.7. The maximum atomic E-state index is 5.56. The molecule has 6 nitrogen and oxygen atoms in total. The monoisotopic (exact) mass is 341 g/mol. The second-order valence-corrected chi connectivity index (χ2v) is 7.06. The van der Waals surface area contributed by atoms with Gasteiger partial charge in [0.2, 0.25) is 0 Å². The molecular formula is C19H27N5O. The summed E-state index contributed by atoms with van der Waals surface area (Å²) in [5, 5.41) is 0. The number of pyridine rings is 1. The third-order valence-electron chi connectivity index (χ3n) is 5.60. The lowest BCUT2D eigenvalue weighted by molar-refractivity contribution is 0.00772. The van der Waals surface area contributed by atoms with Crippen molar-refractivity contribution < 1.29 is 4.74 Å². The second kappa shape index (κ2) is 7.64. The fourth-order valence-corrected chi connectivity index (χ4v) is 4.19. The molecule has 0 saturated carbocycles. The molecule has 0 N–H and O–H groups in total. The lowest BCUT2D eigenvalue weighted by Crippen LogP contribution is -2.50. The van der Waals surface area contributed by atoms with E-state index in [1.807, 2.05) is 24.8 Å². The van der Waals surface area contributed by atoms with E-state index in [-0.39, 0.29) is 0 Å². The molecule has 2 fully saturated rings. The number of ether oxygens (including phenoxy) is 1. The minimum Gasteiger partial charge on any atom is -0.379 e. The van der Waals surface area contributed by atoms with Gasteiger partial charge in [-0.25, -0.2) is 4.98 Å². The van der Waals surface area contributed by atoms with Crippen molar-refractivity contribution in [2.45, 2.75) is 31.5 Å². The molecule has 2 aromatic heterocycles. The van der Waals surface area contributed by atoms with Gasteiger partial charge in [0.25, 0.3) is 0 Å². The molecule has 0 aliphatic carbocycles. The van der Waals surface area contributed by atoms with Crippen molar-refractivity contribution >= 4 is 0 Å². The van der Waals surface area contributed by atoms with Crippen molar-refractivity contribution in [3.8, 4) is 0 Å². The SMILES string of the molecule is Cn1ccnc1CN1CC[C@H](N2CCOCC2)[C@H]1Cc1ccncc1. The van der Waals surface area contributed by atoms with Crippen LogP contribution in [0.15, 0.2) is 36.9 Å². The van der Waals surface area contributed by atoms with Crippen LogP contribution in [0.3, 0.4) is 0 Å². The summed E-state index contributed by atoms with van der Waals surface area (Å²) in [5.74, 6) is 1.14. The van der Waals surface area contributed by atoms with Gasteiger partial charge in [0.1, 0.15) is 5.82 Å². The van der Waals surface area contributed by atoms with Crippen molar-refractivity contribution in [2.24, 2.45) is 7.05 Å². The average molecular weight is 341 g/mol. The molecule has 4 heterocycles. The van der Waals surface area contributed by atoms with Crippen LogP contribution in [0.4, 0.5) is 0 Å². The molecule has 134 valence electrons. The van der Waals surface area contributed by atoms with E-state index in [0.29, 0.717) is 12.1 Å². The quantitative estimate of drug-likeness (QED) is 0.821. The van der Waals surface area contributed by atoms with Gasteiger partial charge in [-0.2, -0.15) is 0 Å². The van der Waals surface area contributed by atoms with Crippen molar-refractivity contribution in [3.05, 3.63) is 48.3 Å². The summed E-state index contributed by atoms with van der Waals surface area (Å²) in [6, 6.07) is 5.40. The number of aromatic nitrogens is 3. The van der Waals surface area contributed by atoms with Crippen LogP contribution in [-0.2, 0) is 24.8 Å². The van der Waals surface area contributed by atoms with E-state index in [1.54, 1.807) is 0 Å². The van der Waals surface area contributed by atoms with Gasteiger partial charge < -0.3 is 9.30 Å². The molecule has 0 spiro atoms. The summed E-state index contributed by atoms with van der Waals surface area (Å²) in [5.41, 5.74) is 1.37. The first-order valence-electron chi connectivity index (χ1n) is 9.22. The van der Waals surface area contributed by atoms with E-state index in [2.05, 4.69) is 43.5 Å². The van der Waals surface area contributed by atoms with Gasteiger partial charge >= 0.3 is 0 Å². The van der Waals surface area contributed by atoms with E-state index in [4.69, 9.17) is 4.74 Å². The van der Waals surface area contributed by atoms with Crippen LogP contribution in [-0.4, -0.2) is 69.3 Å². The number of hydrogen-bond acceptors (Lipinski definition) is 5. The summed E-state index contributed by atoms with van der Waals surface area (Å²) in [6.45, 7) is 5.86. The average Bonchev–Trinajstić information content (AvgIpc) is 3.24. The van der Waals surface area contributed by atoms with E-state index in [9.17, 15) is 0 Å². The fourth-order valence-electron chi connectivity index (χ4n) is 4.19. The molecule has 2 saturated heterocycles. The molecule has 6 heteroatoms. The van der Waals surface area contributed by atoms with Crippen LogP contribution in [0.25, 0.3) is 0 Å². The molecule has 0 unspecified atom stereocenters. The first-order chi connectivity index (χ1) is 12.3. The van der Waals surface area contributed by atoms with Gasteiger partial charge in [-0.05, 0) is 30.5 Å². The molecule has 2 aliphatic rings. The Kier molecular flexibility index (Phi) is 5.10. The van der Waals surface area contributed by atoms with Gasteiger partial charge in [0.15, 0.2) is 0 Å². The highest BCUT2D eigenvalue weighted by molar-refractivity contribution is 5.14. The molecule has 2 atom stereocenters. The number of rotatable bonds is 5. The molecule has 25 heavy (non-hydrogen) atoms. The number of aryl methyl sites for hydroxylation is 1. The van der Waals surface area contributed by atoms with E-state index in [1.165, 1.54) is 12.0 Å². The topological polar surface area (TPSA) is 46.4 Å². The van der Waals surface area contributed by atoms with Crippen LogP contribution in [0.1, 0.15) is 17.8 Å². The molecule has 0 aromatic carbocycles. The molecule has 0 radical (unpaired) electrons. The Balaban J connectivity index is 1.53. The Morgan fingerprint density at radius 3 is 2.64 bits per heavy atom. The largest absolute Gasteiger partial charge is 0.379 e. The summed E-state index contributed by atoms with van der Waals surface area (Å²) >= 11 is 0. The Morgan fingerprint density at radius 2 is 1.92 bits per heavy atom. The number of imidazole rings is 1. The van der Waals surface area contributed by atoms with Gasteiger partial charge in [-0.15, -0.1) is 0 Å². The highest BCUT2D eigenvalue weighted by atomic mass is 16.5. The van der Waals surface area contributed by atoms with Crippen molar-refractivity contribution in [3.63, 3.8) is 0 Å². The number of likely N-dealkylation sites (tertiary alicyclic amines) is 1. The minimum absolute atomic E-state index is 0.511. The predicted octanol–water partition coefficient (Wildman–Crippen LogP) is 1.33. The van der Waals surface area contributed by atoms with Crippen LogP contribution >= 0.6 is 0 Å². The second-order valence-electron chi connectivity index (χ2n) is 7.06. The minimum atomic E-state index is 0.511. The van der Waals surface area contributed by atoms with E-state index in [0.717, 1.165) is 51.6 Å². The van der Waals surface area contributed by atoms with Gasteiger partial charge in [-0.1, -0.05) is 0 Å². The first-order valence-corrected chi connectivity index (χ1v) is 9.22. The summed E-state index contributed by atoms with van der Waals surface area (Å²) in [7, 11) is 2.08. The number of nitrogens with zero attached hydrogens (tertiary/aromatic N) is 5. The lowest BCUT2D eigenvalue weighted by atomic mass is 9.99. The fraction of sp³-hybridized carbons (Fsp3) is 0.579. The van der Waals surface area contributed by atoms with Crippen molar-refractivity contribution in [1.29, 1.82) is 0 Å². The Morgan fingerprint density at radius 1 is 1.12 bits per heavy atom. The molecular weight excluding hydrogens is 314 g/mol. The lowest BCUT2D eigenvalue weighted by Gasteiger charge is -2.37. The summed E-state index contributed by atoms with van der Waals surface area (Å²) in [4.78, 5) is 13.9. The van der Waals surface area contributed by atoms with Crippen molar-refractivity contribution in [2.75, 3.05) is 32.8 Å². The molecule has 4 rings (SSSR count). The normalized spacial score (nSPS) is 25.5. The highest BCUT2D eigenvalue weighted by Gasteiger charge is 2.38. The van der Waals surface area contributed by atoms with Gasteiger partial charge in [-0.3, -0.25) is 14.8 Å². The predicted molar refractivity (Wildman–Crippen MR) is 96.1 cm³/mol. The maximum Gasteiger partial charge on any atom is 0.122 e. The Labute approximate surface area is 149 Å². The number of morpholine rings is 1. The smallest absolute Gasteiger partial charge is 0.122 e. The molecule has 2 aromatic rings. The standard InChI is InChI=1S/C19H27N5O/c1-22-9-7-21-19(22)15-24-8-4-17(23-10-12-25-13-11-23)18(24)14-16-2-5-20-6-3-16/h2-3,5-7,9,17-18H,4,8,10-15H2,1H3/t17-,18+/m0/s1. The van der Waals surface area contributed by atoms with Crippen LogP contribution < -0.4 is 0 Å². The van der Waals surface area contributed by atoms with E-state index < -0.39 is 0 Å².